The van der Waals surface area contributed by atoms with Gasteiger partial charge < -0.3 is 10.5 Å². The van der Waals surface area contributed by atoms with Crippen molar-refractivity contribution in [2.75, 3.05) is 0 Å². The third-order valence-corrected chi connectivity index (χ3v) is 3.54. The van der Waals surface area contributed by atoms with Gasteiger partial charge in [0.05, 0.1) is 19.2 Å². The Bertz CT molecular complexity index is 486. The number of aryl methyl sites for hydroxylation is 1. The molecule has 0 bridgehead atoms. The minimum Gasteiger partial charge on any atom is -0.401 e. The summed E-state index contributed by atoms with van der Waals surface area (Å²) in [6, 6.07) is 6.11. The van der Waals surface area contributed by atoms with E-state index < -0.39 is 0 Å². The standard InChI is InChI=1S/C15H20N2O2.C2H6/c1-11-5-3-6-13-10-19-17(9-14(11)13)15(12(2)16)7-4-8-18;1-2/h3,5-6,8,15H,2,4,7,9-10,16H2,1H3;1-2H3. The highest BCUT2D eigenvalue weighted by molar-refractivity contribution is 5.49. The largest absolute Gasteiger partial charge is 0.401 e. The molecule has 1 heterocycles. The van der Waals surface area contributed by atoms with Crippen LogP contribution >= 0.6 is 0 Å². The van der Waals surface area contributed by atoms with E-state index in [2.05, 4.69) is 25.6 Å². The second-order valence-electron chi connectivity index (χ2n) is 4.90. The van der Waals surface area contributed by atoms with Crippen LogP contribution in [0.5, 0.6) is 0 Å². The smallest absolute Gasteiger partial charge is 0.120 e. The second-order valence-corrected chi connectivity index (χ2v) is 4.90. The fraction of sp³-hybridized carbons (Fsp3) is 0.471. The quantitative estimate of drug-likeness (QED) is 0.847. The average Bonchev–Trinajstić information content (AvgIpc) is 2.50. The molecule has 1 aliphatic rings. The molecule has 0 radical (unpaired) electrons. The summed E-state index contributed by atoms with van der Waals surface area (Å²) < 4.78 is 0. The number of nitrogens with two attached hydrogens (primary N) is 1. The van der Waals surface area contributed by atoms with Gasteiger partial charge in [0.2, 0.25) is 0 Å². The van der Waals surface area contributed by atoms with Gasteiger partial charge in [-0.15, -0.1) is 0 Å². The van der Waals surface area contributed by atoms with E-state index in [0.717, 1.165) is 6.29 Å². The predicted octanol–water partition coefficient (Wildman–Crippen LogP) is 3.09. The first-order chi connectivity index (χ1) is 10.1. The zero-order chi connectivity index (χ0) is 15.8. The summed E-state index contributed by atoms with van der Waals surface area (Å²) in [6.45, 7) is 11.1. The van der Waals surface area contributed by atoms with Crippen LogP contribution in [0.3, 0.4) is 0 Å². The normalized spacial score (nSPS) is 15.4. The van der Waals surface area contributed by atoms with Gasteiger partial charge in [-0.05, 0) is 30.0 Å². The lowest BCUT2D eigenvalue weighted by atomic mass is 10.00. The minimum atomic E-state index is -0.113. The van der Waals surface area contributed by atoms with Crippen LogP contribution in [0.1, 0.15) is 43.4 Å². The summed E-state index contributed by atoms with van der Waals surface area (Å²) in [5, 5.41) is 1.85. The molecule has 2 rings (SSSR count). The molecule has 1 aromatic rings. The van der Waals surface area contributed by atoms with Crippen LogP contribution in [0.2, 0.25) is 0 Å². The molecule has 0 aromatic heterocycles. The van der Waals surface area contributed by atoms with Gasteiger partial charge in [0.1, 0.15) is 6.29 Å². The number of hydrogen-bond donors (Lipinski definition) is 1. The Morgan fingerprint density at radius 3 is 2.86 bits per heavy atom. The van der Waals surface area contributed by atoms with Crippen LogP contribution in [0, 0.1) is 6.92 Å². The highest BCUT2D eigenvalue weighted by Gasteiger charge is 2.26. The van der Waals surface area contributed by atoms with E-state index in [1.807, 2.05) is 25.0 Å². The number of rotatable bonds is 5. The zero-order valence-electron chi connectivity index (χ0n) is 13.3. The van der Waals surface area contributed by atoms with Crippen molar-refractivity contribution in [1.82, 2.24) is 5.06 Å². The fourth-order valence-electron chi connectivity index (χ4n) is 2.42. The number of nitrogens with zero attached hydrogens (tertiary/aromatic N) is 1. The average molecular weight is 290 g/mol. The Morgan fingerprint density at radius 2 is 2.24 bits per heavy atom. The van der Waals surface area contributed by atoms with Gasteiger partial charge in [-0.1, -0.05) is 38.6 Å². The number of hydrogen-bond acceptors (Lipinski definition) is 4. The summed E-state index contributed by atoms with van der Waals surface area (Å²) in [6.07, 6.45) is 2.00. The monoisotopic (exact) mass is 290 g/mol. The Balaban J connectivity index is 0.00000106. The number of fused-ring (bicyclic) bond motifs is 1. The van der Waals surface area contributed by atoms with Crippen LogP contribution in [-0.2, 0) is 22.8 Å². The highest BCUT2D eigenvalue weighted by Crippen LogP contribution is 2.26. The van der Waals surface area contributed by atoms with Crippen LogP contribution in [0.25, 0.3) is 0 Å². The predicted molar refractivity (Wildman–Crippen MR) is 85.3 cm³/mol. The van der Waals surface area contributed by atoms with Crippen molar-refractivity contribution >= 4 is 6.29 Å². The molecular weight excluding hydrogens is 264 g/mol. The highest BCUT2D eigenvalue weighted by atomic mass is 16.7. The van der Waals surface area contributed by atoms with Crippen LogP contribution < -0.4 is 5.73 Å². The van der Waals surface area contributed by atoms with Crippen LogP contribution in [0.4, 0.5) is 0 Å². The maximum atomic E-state index is 10.5. The van der Waals surface area contributed by atoms with Crippen LogP contribution in [-0.4, -0.2) is 17.4 Å². The Labute approximate surface area is 127 Å². The zero-order valence-corrected chi connectivity index (χ0v) is 13.3. The lowest BCUT2D eigenvalue weighted by molar-refractivity contribution is -0.207. The van der Waals surface area contributed by atoms with E-state index in [4.69, 9.17) is 10.6 Å². The number of carbonyl (C=O) groups is 1. The number of carbonyl (C=O) groups excluding carboxylic acids is 1. The summed E-state index contributed by atoms with van der Waals surface area (Å²) in [5.74, 6) is 0. The maximum Gasteiger partial charge on any atom is 0.120 e. The molecule has 0 saturated heterocycles. The van der Waals surface area contributed by atoms with Crippen molar-refractivity contribution in [1.29, 1.82) is 0 Å². The Kier molecular flexibility index (Phi) is 7.12. The second kappa shape index (κ2) is 8.60. The van der Waals surface area contributed by atoms with Gasteiger partial charge >= 0.3 is 0 Å². The summed E-state index contributed by atoms with van der Waals surface area (Å²) in [7, 11) is 0. The third kappa shape index (κ3) is 4.41. The van der Waals surface area contributed by atoms with Crippen molar-refractivity contribution in [3.8, 4) is 0 Å². The molecule has 0 aliphatic carbocycles. The van der Waals surface area contributed by atoms with Gasteiger partial charge in [0.25, 0.3) is 0 Å². The molecule has 1 aromatic carbocycles. The molecule has 4 heteroatoms. The van der Waals surface area contributed by atoms with Crippen molar-refractivity contribution in [3.63, 3.8) is 0 Å². The number of hydroxylamine groups is 2. The SMILES string of the molecule is C=C(N)C(CCC=O)N1Cc2c(C)cccc2CO1.CC. The summed E-state index contributed by atoms with van der Waals surface area (Å²) >= 11 is 0. The van der Waals surface area contributed by atoms with Gasteiger partial charge in [0.15, 0.2) is 0 Å². The topological polar surface area (TPSA) is 55.6 Å². The molecule has 0 fully saturated rings. The molecule has 0 spiro atoms. The first-order valence-corrected chi connectivity index (χ1v) is 7.48. The van der Waals surface area contributed by atoms with Crippen molar-refractivity contribution in [2.45, 2.75) is 52.8 Å². The van der Waals surface area contributed by atoms with E-state index in [0.29, 0.717) is 31.7 Å². The lowest BCUT2D eigenvalue weighted by Crippen LogP contribution is -2.40. The van der Waals surface area contributed by atoms with E-state index >= 15 is 0 Å². The van der Waals surface area contributed by atoms with E-state index in [-0.39, 0.29) is 6.04 Å². The van der Waals surface area contributed by atoms with Crippen molar-refractivity contribution in [2.24, 2.45) is 5.73 Å². The minimum absolute atomic E-state index is 0.113. The molecule has 1 unspecified atom stereocenters. The first-order valence-electron chi connectivity index (χ1n) is 7.48. The molecule has 1 atom stereocenters. The van der Waals surface area contributed by atoms with Gasteiger partial charge in [0, 0.05) is 12.1 Å². The van der Waals surface area contributed by atoms with Gasteiger partial charge in [-0.3, -0.25) is 4.84 Å². The van der Waals surface area contributed by atoms with Crippen LogP contribution in [0.15, 0.2) is 30.5 Å². The summed E-state index contributed by atoms with van der Waals surface area (Å²) in [5.41, 5.74) is 10.1. The van der Waals surface area contributed by atoms with E-state index in [1.54, 1.807) is 0 Å². The molecular formula is C17H26N2O2. The molecule has 4 nitrogen and oxygen atoms in total. The Hall–Kier alpha value is -1.65. The third-order valence-electron chi connectivity index (χ3n) is 3.54. The number of aldehydes is 1. The number of benzene rings is 1. The maximum absolute atomic E-state index is 10.5. The van der Waals surface area contributed by atoms with Gasteiger partial charge in [-0.25, -0.2) is 0 Å². The first kappa shape index (κ1) is 17.4. The van der Waals surface area contributed by atoms with Crippen molar-refractivity contribution < 1.29 is 9.63 Å². The van der Waals surface area contributed by atoms with Gasteiger partial charge in [-0.2, -0.15) is 5.06 Å². The van der Waals surface area contributed by atoms with Crippen molar-refractivity contribution in [3.05, 3.63) is 47.2 Å². The summed E-state index contributed by atoms with van der Waals surface area (Å²) in [4.78, 5) is 16.3. The molecule has 1 aliphatic heterocycles. The molecule has 116 valence electrons. The van der Waals surface area contributed by atoms with E-state index in [9.17, 15) is 4.79 Å². The lowest BCUT2D eigenvalue weighted by Gasteiger charge is -2.35. The molecule has 0 saturated carbocycles. The fourth-order valence-corrected chi connectivity index (χ4v) is 2.42. The molecule has 0 amide bonds. The Morgan fingerprint density at radius 1 is 1.52 bits per heavy atom. The molecule has 21 heavy (non-hydrogen) atoms. The van der Waals surface area contributed by atoms with E-state index in [1.165, 1.54) is 16.7 Å². The molecule has 2 N–H and O–H groups in total.